The number of carbonyl (C=O) groups excluding carboxylic acids is 1. The van der Waals surface area contributed by atoms with E-state index in [1.54, 1.807) is 0 Å². The second kappa shape index (κ2) is 4.57. The predicted octanol–water partition coefficient (Wildman–Crippen LogP) is 1.57. The van der Waals surface area contributed by atoms with E-state index in [1.165, 1.54) is 27.1 Å². The molecule has 0 aromatic heterocycles. The first-order valence-electron chi connectivity index (χ1n) is 4.68. The van der Waals surface area contributed by atoms with E-state index in [2.05, 4.69) is 10.1 Å². The lowest BCUT2D eigenvalue weighted by molar-refractivity contribution is -0.148. The topological polar surface area (TPSA) is 38.3 Å². The number of nitrogens with one attached hydrogen (secondary N) is 1. The summed E-state index contributed by atoms with van der Waals surface area (Å²) in [6.45, 7) is 1.53. The van der Waals surface area contributed by atoms with Gasteiger partial charge in [0.1, 0.15) is 5.54 Å². The molecule has 1 N–H and O–H groups in total. The molecule has 0 bridgehead atoms. The van der Waals surface area contributed by atoms with Crippen LogP contribution in [0, 0.1) is 11.6 Å². The van der Waals surface area contributed by atoms with Crippen molar-refractivity contribution in [3.63, 3.8) is 0 Å². The van der Waals surface area contributed by atoms with Gasteiger partial charge in [-0.15, -0.1) is 0 Å². The van der Waals surface area contributed by atoms with E-state index in [0.717, 1.165) is 12.1 Å². The Hall–Kier alpha value is -1.49. The van der Waals surface area contributed by atoms with Gasteiger partial charge in [0.05, 0.1) is 7.11 Å². The molecule has 88 valence electrons. The molecule has 0 spiro atoms. The zero-order valence-electron chi connectivity index (χ0n) is 9.30. The van der Waals surface area contributed by atoms with Crippen molar-refractivity contribution in [3.05, 3.63) is 35.4 Å². The maximum atomic E-state index is 13.1. The van der Waals surface area contributed by atoms with Crippen LogP contribution in [0.25, 0.3) is 0 Å². The number of methoxy groups -OCH3 is 1. The fraction of sp³-hybridized carbons (Fsp3) is 0.364. The number of ether oxygens (including phenoxy) is 1. The molecule has 1 rings (SSSR count). The molecule has 16 heavy (non-hydrogen) atoms. The average Bonchev–Trinajstić information content (AvgIpc) is 2.30. The molecule has 1 atom stereocenters. The van der Waals surface area contributed by atoms with Crippen molar-refractivity contribution in [1.82, 2.24) is 5.32 Å². The Balaban J connectivity index is 3.23. The molecule has 0 aliphatic rings. The largest absolute Gasteiger partial charge is 0.467 e. The number of benzene rings is 1. The minimum atomic E-state index is -1.19. The molecule has 1 aromatic rings. The lowest BCUT2D eigenvalue weighted by Gasteiger charge is -2.26. The first-order chi connectivity index (χ1) is 7.45. The molecule has 1 unspecified atom stereocenters. The van der Waals surface area contributed by atoms with Gasteiger partial charge in [-0.05, 0) is 31.7 Å². The molecule has 1 aromatic carbocycles. The molecule has 0 saturated heterocycles. The van der Waals surface area contributed by atoms with Gasteiger partial charge in [0.2, 0.25) is 0 Å². The highest BCUT2D eigenvalue weighted by molar-refractivity contribution is 5.82. The Labute approximate surface area is 92.4 Å². The SMILES string of the molecule is CNC(C)(C(=O)OC)c1ccc(F)c(F)c1. The van der Waals surface area contributed by atoms with Crippen molar-refractivity contribution < 1.29 is 18.3 Å². The summed E-state index contributed by atoms with van der Waals surface area (Å²) in [5.74, 6) is -2.52. The third-order valence-electron chi connectivity index (χ3n) is 2.59. The molecule has 0 radical (unpaired) electrons. The van der Waals surface area contributed by atoms with E-state index in [-0.39, 0.29) is 0 Å². The second-order valence-electron chi connectivity index (χ2n) is 3.50. The molecule has 0 heterocycles. The molecule has 5 heteroatoms. The van der Waals surface area contributed by atoms with Crippen LogP contribution < -0.4 is 5.32 Å². The third-order valence-corrected chi connectivity index (χ3v) is 2.59. The normalized spacial score (nSPS) is 14.3. The fourth-order valence-corrected chi connectivity index (χ4v) is 1.38. The van der Waals surface area contributed by atoms with Crippen LogP contribution in [0.15, 0.2) is 18.2 Å². The monoisotopic (exact) mass is 229 g/mol. The molecule has 0 aliphatic carbocycles. The molecule has 3 nitrogen and oxygen atoms in total. The van der Waals surface area contributed by atoms with Crippen molar-refractivity contribution in [2.75, 3.05) is 14.2 Å². The summed E-state index contributed by atoms with van der Waals surface area (Å²) in [6.07, 6.45) is 0. The lowest BCUT2D eigenvalue weighted by atomic mass is 9.92. The highest BCUT2D eigenvalue weighted by Crippen LogP contribution is 2.23. The van der Waals surface area contributed by atoms with Crippen LogP contribution in [0.2, 0.25) is 0 Å². The van der Waals surface area contributed by atoms with Gasteiger partial charge in [-0.2, -0.15) is 0 Å². The van der Waals surface area contributed by atoms with Crippen molar-refractivity contribution in [2.24, 2.45) is 0 Å². The summed E-state index contributed by atoms with van der Waals surface area (Å²) in [7, 11) is 2.77. The molecular weight excluding hydrogens is 216 g/mol. The van der Waals surface area contributed by atoms with E-state index in [4.69, 9.17) is 0 Å². The van der Waals surface area contributed by atoms with Crippen LogP contribution in [0.5, 0.6) is 0 Å². The minimum Gasteiger partial charge on any atom is -0.467 e. The zero-order chi connectivity index (χ0) is 12.3. The predicted molar refractivity (Wildman–Crippen MR) is 54.8 cm³/mol. The van der Waals surface area contributed by atoms with Crippen molar-refractivity contribution in [3.8, 4) is 0 Å². The summed E-state index contributed by atoms with van der Waals surface area (Å²) in [5.41, 5.74) is -0.885. The van der Waals surface area contributed by atoms with Gasteiger partial charge in [-0.3, -0.25) is 0 Å². The molecule has 0 saturated carbocycles. The average molecular weight is 229 g/mol. The standard InChI is InChI=1S/C11H13F2NO2/c1-11(14-2,10(15)16-3)7-4-5-8(12)9(13)6-7/h4-6,14H,1-3H3. The van der Waals surface area contributed by atoms with Crippen LogP contribution in [0.4, 0.5) is 8.78 Å². The molecule has 0 amide bonds. The van der Waals surface area contributed by atoms with E-state index < -0.39 is 23.1 Å². The van der Waals surface area contributed by atoms with Gasteiger partial charge in [0, 0.05) is 0 Å². The first-order valence-corrected chi connectivity index (χ1v) is 4.68. The Morgan fingerprint density at radius 1 is 1.38 bits per heavy atom. The molecular formula is C11H13F2NO2. The number of likely N-dealkylation sites (N-methyl/N-ethyl adjacent to an activating group) is 1. The van der Waals surface area contributed by atoms with Crippen LogP contribution in [0.1, 0.15) is 12.5 Å². The quantitative estimate of drug-likeness (QED) is 0.799. The number of hydrogen-bond acceptors (Lipinski definition) is 3. The number of esters is 1. The summed E-state index contributed by atoms with van der Waals surface area (Å²) < 4.78 is 30.4. The van der Waals surface area contributed by atoms with Gasteiger partial charge < -0.3 is 10.1 Å². The van der Waals surface area contributed by atoms with Gasteiger partial charge >= 0.3 is 5.97 Å². The van der Waals surface area contributed by atoms with Gasteiger partial charge in [0.25, 0.3) is 0 Å². The highest BCUT2D eigenvalue weighted by Gasteiger charge is 2.35. The van der Waals surface area contributed by atoms with Crippen molar-refractivity contribution in [2.45, 2.75) is 12.5 Å². The Kier molecular flexibility index (Phi) is 3.59. The van der Waals surface area contributed by atoms with Gasteiger partial charge in [-0.1, -0.05) is 6.07 Å². The minimum absolute atomic E-state index is 0.306. The smallest absolute Gasteiger partial charge is 0.330 e. The number of hydrogen-bond donors (Lipinski definition) is 1. The lowest BCUT2D eigenvalue weighted by Crippen LogP contribution is -2.45. The molecule has 0 fully saturated rings. The third kappa shape index (κ3) is 2.04. The highest BCUT2D eigenvalue weighted by atomic mass is 19.2. The van der Waals surface area contributed by atoms with Crippen LogP contribution >= 0.6 is 0 Å². The van der Waals surface area contributed by atoms with Crippen molar-refractivity contribution >= 4 is 5.97 Å². The van der Waals surface area contributed by atoms with Crippen molar-refractivity contribution in [1.29, 1.82) is 0 Å². The fourth-order valence-electron chi connectivity index (χ4n) is 1.38. The van der Waals surface area contributed by atoms with Gasteiger partial charge in [0.15, 0.2) is 11.6 Å². The Morgan fingerprint density at radius 2 is 2.00 bits per heavy atom. The van der Waals surface area contributed by atoms with E-state index in [9.17, 15) is 13.6 Å². The summed E-state index contributed by atoms with van der Waals surface area (Å²) in [5, 5.41) is 2.73. The van der Waals surface area contributed by atoms with E-state index in [1.807, 2.05) is 0 Å². The summed E-state index contributed by atoms with van der Waals surface area (Å²) in [6, 6.07) is 3.29. The van der Waals surface area contributed by atoms with Gasteiger partial charge in [-0.25, -0.2) is 13.6 Å². The number of halogens is 2. The maximum absolute atomic E-state index is 13.1. The number of carbonyl (C=O) groups is 1. The van der Waals surface area contributed by atoms with Crippen LogP contribution in [-0.4, -0.2) is 20.1 Å². The summed E-state index contributed by atoms with van der Waals surface area (Å²) in [4.78, 5) is 11.6. The second-order valence-corrected chi connectivity index (χ2v) is 3.50. The molecule has 0 aliphatic heterocycles. The number of rotatable bonds is 3. The van der Waals surface area contributed by atoms with Crippen LogP contribution in [0.3, 0.4) is 0 Å². The summed E-state index contributed by atoms with van der Waals surface area (Å²) >= 11 is 0. The Morgan fingerprint density at radius 3 is 2.44 bits per heavy atom. The Bertz CT molecular complexity index is 409. The maximum Gasteiger partial charge on any atom is 0.330 e. The van der Waals surface area contributed by atoms with Crippen LogP contribution in [-0.2, 0) is 15.1 Å². The van der Waals surface area contributed by atoms with E-state index in [0.29, 0.717) is 5.56 Å². The zero-order valence-corrected chi connectivity index (χ0v) is 9.30. The van der Waals surface area contributed by atoms with E-state index >= 15 is 0 Å². The first kappa shape index (κ1) is 12.6.